The first-order valence-corrected chi connectivity index (χ1v) is 10.7. The van der Waals surface area contributed by atoms with Crippen LogP contribution in [0.5, 0.6) is 0 Å². The van der Waals surface area contributed by atoms with Gasteiger partial charge in [0.05, 0.1) is 5.69 Å². The molecule has 3 rings (SSSR count). The van der Waals surface area contributed by atoms with Crippen molar-refractivity contribution in [3.05, 3.63) is 75.8 Å². The molecule has 166 valence electrons. The Kier molecular flexibility index (Phi) is 6.89. The summed E-state index contributed by atoms with van der Waals surface area (Å²) in [7, 11) is 0. The van der Waals surface area contributed by atoms with Crippen molar-refractivity contribution in [3.8, 4) is 0 Å². The van der Waals surface area contributed by atoms with Gasteiger partial charge in [-0.1, -0.05) is 36.4 Å². The lowest BCUT2D eigenvalue weighted by molar-refractivity contribution is -0.122. The van der Waals surface area contributed by atoms with Crippen molar-refractivity contribution in [2.75, 3.05) is 10.6 Å². The lowest BCUT2D eigenvalue weighted by Gasteiger charge is -2.29. The van der Waals surface area contributed by atoms with Crippen molar-refractivity contribution in [3.63, 3.8) is 0 Å². The number of hydrogen-bond donors (Lipinski definition) is 3. The monoisotopic (exact) mass is 451 g/mol. The molecule has 0 fully saturated rings. The Balaban J connectivity index is 1.95. The molecule has 0 aliphatic rings. The van der Waals surface area contributed by atoms with Crippen LogP contribution in [-0.2, 0) is 11.3 Å². The molecule has 32 heavy (non-hydrogen) atoms. The number of amides is 3. The molecule has 0 radical (unpaired) electrons. The first-order valence-electron chi connectivity index (χ1n) is 9.97. The second-order valence-electron chi connectivity index (χ2n) is 7.54. The van der Waals surface area contributed by atoms with Crippen molar-refractivity contribution < 1.29 is 14.4 Å². The Labute approximate surface area is 190 Å². The van der Waals surface area contributed by atoms with E-state index < -0.39 is 17.9 Å². The number of benzene rings is 2. The van der Waals surface area contributed by atoms with Crippen LogP contribution >= 0.6 is 11.5 Å². The van der Waals surface area contributed by atoms with Crippen molar-refractivity contribution in [2.24, 2.45) is 5.73 Å². The molecule has 1 heterocycles. The highest BCUT2D eigenvalue weighted by Gasteiger charge is 2.32. The molecule has 0 saturated carbocycles. The molecular weight excluding hydrogens is 426 g/mol. The molecule has 0 aliphatic carbocycles. The topological polar surface area (TPSA) is 131 Å². The number of nitrogen functional groups attached to an aromatic ring is 1. The third-order valence-corrected chi connectivity index (χ3v) is 5.79. The molecule has 0 bridgehead atoms. The predicted octanol–water partition coefficient (Wildman–Crippen LogP) is 2.79. The van der Waals surface area contributed by atoms with Crippen LogP contribution in [0.1, 0.15) is 43.8 Å². The summed E-state index contributed by atoms with van der Waals surface area (Å²) < 4.78 is 3.92. The lowest BCUT2D eigenvalue weighted by atomic mass is 10.1. The second-order valence-corrected chi connectivity index (χ2v) is 8.31. The van der Waals surface area contributed by atoms with E-state index in [9.17, 15) is 14.4 Å². The number of carbonyl (C=O) groups is 3. The zero-order chi connectivity index (χ0) is 23.4. The van der Waals surface area contributed by atoms with E-state index in [1.807, 2.05) is 62.4 Å². The average molecular weight is 452 g/mol. The number of nitrogens with one attached hydrogen (secondary N) is 1. The quantitative estimate of drug-likeness (QED) is 0.508. The van der Waals surface area contributed by atoms with Crippen LogP contribution in [0.25, 0.3) is 0 Å². The summed E-state index contributed by atoms with van der Waals surface area (Å²) in [5.41, 5.74) is 14.4. The van der Waals surface area contributed by atoms with Gasteiger partial charge in [-0.2, -0.15) is 4.37 Å². The van der Waals surface area contributed by atoms with Crippen LogP contribution in [0.2, 0.25) is 0 Å². The molecule has 0 unspecified atom stereocenters. The van der Waals surface area contributed by atoms with Crippen LogP contribution in [0.15, 0.2) is 48.5 Å². The Morgan fingerprint density at radius 1 is 1.09 bits per heavy atom. The number of hydrogen-bond acceptors (Lipinski definition) is 6. The Morgan fingerprint density at radius 2 is 1.72 bits per heavy atom. The summed E-state index contributed by atoms with van der Waals surface area (Å²) in [6.07, 6.45) is 0. The van der Waals surface area contributed by atoms with Gasteiger partial charge in [-0.3, -0.25) is 19.3 Å². The molecule has 0 saturated heterocycles. The highest BCUT2D eigenvalue weighted by molar-refractivity contribution is 7.09. The standard InChI is InChI=1S/C23H25N5O3S/c1-13-9-14(2)11-17(10-13)28(23(31)20-18(24)19(21(25)29)27-32-20)15(3)22(30)26-12-16-7-5-4-6-8-16/h4-11,15H,12,24H2,1-3H3,(H2,25,29)(H,26,30)/t15-/m0/s1. The number of aryl methyl sites for hydroxylation is 2. The van der Waals surface area contributed by atoms with Gasteiger partial charge < -0.3 is 16.8 Å². The maximum Gasteiger partial charge on any atom is 0.272 e. The number of carbonyl (C=O) groups excluding carboxylic acids is 3. The fourth-order valence-electron chi connectivity index (χ4n) is 3.40. The van der Waals surface area contributed by atoms with Crippen molar-refractivity contribution >= 4 is 40.6 Å². The predicted molar refractivity (Wildman–Crippen MR) is 126 cm³/mol. The van der Waals surface area contributed by atoms with Gasteiger partial charge in [-0.15, -0.1) is 0 Å². The Hall–Kier alpha value is -3.72. The minimum absolute atomic E-state index is 0.0562. The van der Waals surface area contributed by atoms with E-state index in [-0.39, 0.29) is 22.2 Å². The summed E-state index contributed by atoms with van der Waals surface area (Å²) >= 11 is 0.785. The highest BCUT2D eigenvalue weighted by atomic mass is 32.1. The number of rotatable bonds is 7. The summed E-state index contributed by atoms with van der Waals surface area (Å²) in [5.74, 6) is -1.68. The first-order chi connectivity index (χ1) is 15.2. The molecule has 1 atom stereocenters. The van der Waals surface area contributed by atoms with E-state index >= 15 is 0 Å². The van der Waals surface area contributed by atoms with Crippen LogP contribution in [-0.4, -0.2) is 28.1 Å². The van der Waals surface area contributed by atoms with E-state index in [1.54, 1.807) is 6.92 Å². The minimum Gasteiger partial charge on any atom is -0.395 e. The first kappa shape index (κ1) is 23.0. The number of primary amides is 1. The van der Waals surface area contributed by atoms with Crippen molar-refractivity contribution in [1.29, 1.82) is 0 Å². The van der Waals surface area contributed by atoms with Crippen LogP contribution in [0, 0.1) is 13.8 Å². The van der Waals surface area contributed by atoms with Gasteiger partial charge >= 0.3 is 0 Å². The van der Waals surface area contributed by atoms with Gasteiger partial charge in [0.25, 0.3) is 11.8 Å². The largest absolute Gasteiger partial charge is 0.395 e. The van der Waals surface area contributed by atoms with Gasteiger partial charge in [0, 0.05) is 12.2 Å². The van der Waals surface area contributed by atoms with E-state index in [0.29, 0.717) is 12.2 Å². The van der Waals surface area contributed by atoms with E-state index in [1.165, 1.54) is 4.90 Å². The maximum atomic E-state index is 13.5. The van der Waals surface area contributed by atoms with Crippen LogP contribution < -0.4 is 21.7 Å². The number of anilines is 2. The van der Waals surface area contributed by atoms with Gasteiger partial charge in [0.1, 0.15) is 10.9 Å². The normalized spacial score (nSPS) is 11.6. The molecule has 9 heteroatoms. The lowest BCUT2D eigenvalue weighted by Crippen LogP contribution is -2.48. The number of nitrogens with zero attached hydrogens (tertiary/aromatic N) is 2. The maximum absolute atomic E-state index is 13.5. The van der Waals surface area contributed by atoms with Gasteiger partial charge in [0.15, 0.2) is 5.69 Å². The molecule has 8 nitrogen and oxygen atoms in total. The van der Waals surface area contributed by atoms with Crippen LogP contribution in [0.4, 0.5) is 11.4 Å². The third kappa shape index (κ3) is 4.94. The zero-order valence-electron chi connectivity index (χ0n) is 18.1. The molecule has 1 aromatic heterocycles. The van der Waals surface area contributed by atoms with Crippen molar-refractivity contribution in [1.82, 2.24) is 9.69 Å². The van der Waals surface area contributed by atoms with Crippen molar-refractivity contribution in [2.45, 2.75) is 33.4 Å². The van der Waals surface area contributed by atoms with Gasteiger partial charge in [-0.25, -0.2) is 0 Å². The highest BCUT2D eigenvalue weighted by Crippen LogP contribution is 2.28. The molecule has 2 aromatic carbocycles. The van der Waals surface area contributed by atoms with Crippen LogP contribution in [0.3, 0.4) is 0 Å². The fraction of sp³-hybridized carbons (Fsp3) is 0.217. The molecule has 0 spiro atoms. The number of nitrogens with two attached hydrogens (primary N) is 2. The van der Waals surface area contributed by atoms with Gasteiger partial charge in [0.2, 0.25) is 5.91 Å². The third-order valence-electron chi connectivity index (χ3n) is 4.94. The second kappa shape index (κ2) is 9.61. The fourth-order valence-corrected chi connectivity index (χ4v) is 4.14. The summed E-state index contributed by atoms with van der Waals surface area (Å²) in [5, 5.41) is 2.87. The molecule has 3 amide bonds. The molecule has 5 N–H and O–H groups in total. The smallest absolute Gasteiger partial charge is 0.272 e. The molecule has 0 aliphatic heterocycles. The van der Waals surface area contributed by atoms with E-state index in [0.717, 1.165) is 28.2 Å². The van der Waals surface area contributed by atoms with E-state index in [2.05, 4.69) is 9.69 Å². The van der Waals surface area contributed by atoms with Gasteiger partial charge in [-0.05, 0) is 61.1 Å². The minimum atomic E-state index is -0.856. The zero-order valence-corrected chi connectivity index (χ0v) is 18.9. The SMILES string of the molecule is Cc1cc(C)cc(N(C(=O)c2snc(C(N)=O)c2N)[C@@H](C)C(=O)NCc2ccccc2)c1. The summed E-state index contributed by atoms with van der Waals surface area (Å²) in [4.78, 5) is 39.5. The summed E-state index contributed by atoms with van der Waals surface area (Å²) in [6.45, 7) is 5.78. The Morgan fingerprint density at radius 3 is 2.28 bits per heavy atom. The average Bonchev–Trinajstić information content (AvgIpc) is 3.13. The van der Waals surface area contributed by atoms with E-state index in [4.69, 9.17) is 11.5 Å². The summed E-state index contributed by atoms with van der Waals surface area (Å²) in [6, 6.07) is 14.2. The molecular formula is C23H25N5O3S. The number of aromatic nitrogens is 1. The Bertz CT molecular complexity index is 1140. The molecule has 3 aromatic rings.